The van der Waals surface area contributed by atoms with Gasteiger partial charge in [0.25, 0.3) is 0 Å². The average Bonchev–Trinajstić information content (AvgIpc) is 3.77. The highest BCUT2D eigenvalue weighted by molar-refractivity contribution is 5.96. The van der Waals surface area contributed by atoms with Gasteiger partial charge in [0.15, 0.2) is 0 Å². The fourth-order valence-corrected chi connectivity index (χ4v) is 5.35. The van der Waals surface area contributed by atoms with Gasteiger partial charge in [-0.2, -0.15) is 0 Å². The average molecular weight is 656 g/mol. The number of rotatable bonds is 17. The van der Waals surface area contributed by atoms with E-state index in [0.717, 1.165) is 5.56 Å². The van der Waals surface area contributed by atoms with Gasteiger partial charge in [0.2, 0.25) is 35.4 Å². The fourth-order valence-electron chi connectivity index (χ4n) is 5.35. The Labute approximate surface area is 272 Å². The van der Waals surface area contributed by atoms with E-state index >= 15 is 0 Å². The summed E-state index contributed by atoms with van der Waals surface area (Å²) in [7, 11) is 0. The van der Waals surface area contributed by atoms with Crippen LogP contribution in [0.2, 0.25) is 0 Å². The summed E-state index contributed by atoms with van der Waals surface area (Å²) in [5, 5.41) is 20.2. The lowest BCUT2D eigenvalue weighted by Gasteiger charge is -2.30. The van der Waals surface area contributed by atoms with E-state index in [2.05, 4.69) is 31.2 Å². The van der Waals surface area contributed by atoms with Gasteiger partial charge in [-0.3, -0.25) is 28.8 Å². The number of likely N-dealkylation sites (tertiary alicyclic amines) is 1. The minimum absolute atomic E-state index is 0.0273. The SMILES string of the molecule is CCC(C)C(NC(=O)C(Cc1ccccc1)NC(=O)C(Cc1cnc[nH]1)NC(=O)C1CCCN1C(=O)C(CO)NC(=O)CN)C(N)=O. The monoisotopic (exact) mass is 655 g/mol. The fraction of sp³-hybridized carbons (Fsp3) is 0.516. The Morgan fingerprint density at radius 2 is 1.68 bits per heavy atom. The number of H-pyrrole nitrogens is 1. The van der Waals surface area contributed by atoms with Gasteiger partial charge in [-0.15, -0.1) is 0 Å². The molecule has 16 heteroatoms. The smallest absolute Gasteiger partial charge is 0.248 e. The van der Waals surface area contributed by atoms with Gasteiger partial charge in [0.05, 0.1) is 19.5 Å². The number of hydrogen-bond acceptors (Lipinski definition) is 9. The number of aromatic amines is 1. The molecule has 6 atom stereocenters. The zero-order valence-corrected chi connectivity index (χ0v) is 26.6. The summed E-state index contributed by atoms with van der Waals surface area (Å²) in [5.74, 6) is -4.22. The Morgan fingerprint density at radius 3 is 2.28 bits per heavy atom. The van der Waals surface area contributed by atoms with E-state index < -0.39 is 72.3 Å². The van der Waals surface area contributed by atoms with Gasteiger partial charge < -0.3 is 47.7 Å². The first kappa shape index (κ1) is 36.6. The van der Waals surface area contributed by atoms with E-state index in [0.29, 0.717) is 18.5 Å². The zero-order valence-electron chi connectivity index (χ0n) is 26.6. The molecule has 1 fully saturated rings. The van der Waals surface area contributed by atoms with E-state index in [4.69, 9.17) is 11.5 Å². The lowest BCUT2D eigenvalue weighted by atomic mass is 9.97. The molecule has 1 aromatic heterocycles. The summed E-state index contributed by atoms with van der Waals surface area (Å²) in [5.41, 5.74) is 12.2. The molecule has 3 rings (SSSR count). The molecule has 2 aromatic rings. The molecule has 6 unspecified atom stereocenters. The first-order valence-corrected chi connectivity index (χ1v) is 15.6. The van der Waals surface area contributed by atoms with E-state index in [9.17, 15) is 33.9 Å². The van der Waals surface area contributed by atoms with Crippen molar-refractivity contribution in [1.82, 2.24) is 36.1 Å². The normalized spacial score (nSPS) is 17.4. The van der Waals surface area contributed by atoms with Crippen molar-refractivity contribution in [3.05, 3.63) is 54.1 Å². The predicted molar refractivity (Wildman–Crippen MR) is 170 cm³/mol. The molecule has 0 radical (unpaired) electrons. The molecule has 0 aliphatic carbocycles. The quantitative estimate of drug-likeness (QED) is 0.0903. The number of nitrogens with zero attached hydrogens (tertiary/aromatic N) is 2. The first-order valence-electron chi connectivity index (χ1n) is 15.6. The molecule has 47 heavy (non-hydrogen) atoms. The number of nitrogens with one attached hydrogen (secondary N) is 5. The zero-order chi connectivity index (χ0) is 34.5. The third-order valence-electron chi connectivity index (χ3n) is 8.18. The molecule has 10 N–H and O–H groups in total. The van der Waals surface area contributed by atoms with Crippen LogP contribution in [0, 0.1) is 5.92 Å². The van der Waals surface area contributed by atoms with Crippen LogP contribution in [-0.4, -0.2) is 105 Å². The molecule has 1 aliphatic heterocycles. The highest BCUT2D eigenvalue weighted by Crippen LogP contribution is 2.19. The van der Waals surface area contributed by atoms with Crippen LogP contribution in [0.5, 0.6) is 0 Å². The van der Waals surface area contributed by atoms with E-state index in [1.54, 1.807) is 31.2 Å². The van der Waals surface area contributed by atoms with Gasteiger partial charge in [-0.1, -0.05) is 50.6 Å². The second kappa shape index (κ2) is 17.8. The summed E-state index contributed by atoms with van der Waals surface area (Å²) in [4.78, 5) is 86.3. The maximum atomic E-state index is 13.9. The van der Waals surface area contributed by atoms with Crippen molar-refractivity contribution in [1.29, 1.82) is 0 Å². The van der Waals surface area contributed by atoms with Gasteiger partial charge in [0, 0.05) is 31.3 Å². The van der Waals surface area contributed by atoms with Gasteiger partial charge >= 0.3 is 0 Å². The van der Waals surface area contributed by atoms with Crippen molar-refractivity contribution in [2.75, 3.05) is 19.7 Å². The number of carbonyl (C=O) groups excluding carboxylic acids is 6. The first-order chi connectivity index (χ1) is 22.5. The molecule has 0 bridgehead atoms. The molecular weight excluding hydrogens is 610 g/mol. The molecule has 0 spiro atoms. The number of aliphatic hydroxyl groups excluding tert-OH is 1. The summed E-state index contributed by atoms with van der Waals surface area (Å²) < 4.78 is 0. The molecule has 1 aliphatic rings. The molecule has 1 aromatic carbocycles. The molecule has 16 nitrogen and oxygen atoms in total. The van der Waals surface area contributed by atoms with Crippen LogP contribution >= 0.6 is 0 Å². The van der Waals surface area contributed by atoms with Gasteiger partial charge in [-0.05, 0) is 24.3 Å². The number of nitrogens with two attached hydrogens (primary N) is 2. The third-order valence-corrected chi connectivity index (χ3v) is 8.18. The Morgan fingerprint density at radius 1 is 1.00 bits per heavy atom. The van der Waals surface area contributed by atoms with Crippen molar-refractivity contribution in [3.63, 3.8) is 0 Å². The second-order valence-electron chi connectivity index (χ2n) is 11.6. The lowest BCUT2D eigenvalue weighted by molar-refractivity contribution is -0.143. The van der Waals surface area contributed by atoms with Crippen LogP contribution in [0.1, 0.15) is 44.4 Å². The van der Waals surface area contributed by atoms with Crippen LogP contribution in [0.25, 0.3) is 0 Å². The maximum absolute atomic E-state index is 13.9. The van der Waals surface area contributed by atoms with Crippen LogP contribution < -0.4 is 32.7 Å². The summed E-state index contributed by atoms with van der Waals surface area (Å²) in [6, 6.07) is 3.37. The highest BCUT2D eigenvalue weighted by atomic mass is 16.3. The largest absolute Gasteiger partial charge is 0.394 e. The minimum atomic E-state index is -1.29. The maximum Gasteiger partial charge on any atom is 0.248 e. The molecule has 256 valence electrons. The number of benzene rings is 1. The molecule has 0 saturated carbocycles. The third kappa shape index (κ3) is 10.3. The highest BCUT2D eigenvalue weighted by Gasteiger charge is 2.39. The van der Waals surface area contributed by atoms with Crippen molar-refractivity contribution >= 4 is 35.4 Å². The number of amides is 6. The number of imidazole rings is 1. The van der Waals surface area contributed by atoms with E-state index in [-0.39, 0.29) is 38.3 Å². The van der Waals surface area contributed by atoms with Crippen molar-refractivity contribution < 1.29 is 33.9 Å². The Hall–Kier alpha value is -4.83. The Bertz CT molecular complexity index is 1370. The standard InChI is InChI=1S/C31H45N9O7/c1-3-18(2)26(27(33)43)39-29(45)21(12-19-8-5-4-6-9-19)37-28(44)22(13-20-15-34-17-35-20)38-30(46)24-10-7-11-40(24)31(47)23(16-41)36-25(42)14-32/h4-6,8-9,15,17-18,21-24,26,41H,3,7,10-14,16,32H2,1-2H3,(H2,33,43)(H,34,35)(H,36,42)(H,37,44)(H,38,46)(H,39,45). The Kier molecular flexibility index (Phi) is 13.8. The minimum Gasteiger partial charge on any atom is -0.394 e. The van der Waals surface area contributed by atoms with Crippen LogP contribution in [0.3, 0.4) is 0 Å². The second-order valence-corrected chi connectivity index (χ2v) is 11.6. The topological polar surface area (TPSA) is 255 Å². The van der Waals surface area contributed by atoms with Crippen molar-refractivity contribution in [2.45, 2.75) is 76.2 Å². The van der Waals surface area contributed by atoms with Gasteiger partial charge in [-0.25, -0.2) is 4.98 Å². The number of hydrogen-bond donors (Lipinski definition) is 8. The number of aromatic nitrogens is 2. The Balaban J connectivity index is 1.84. The number of aliphatic hydroxyl groups is 1. The van der Waals surface area contributed by atoms with E-state index in [1.807, 2.05) is 13.0 Å². The lowest BCUT2D eigenvalue weighted by Crippen LogP contribution is -2.60. The van der Waals surface area contributed by atoms with Crippen molar-refractivity contribution in [2.24, 2.45) is 17.4 Å². The van der Waals surface area contributed by atoms with Gasteiger partial charge in [0.1, 0.15) is 30.2 Å². The summed E-state index contributed by atoms with van der Waals surface area (Å²) >= 11 is 0. The molecule has 6 amide bonds. The van der Waals surface area contributed by atoms with Crippen LogP contribution in [0.4, 0.5) is 0 Å². The number of primary amides is 1. The predicted octanol–water partition coefficient (Wildman–Crippen LogP) is -2.39. The summed E-state index contributed by atoms with van der Waals surface area (Å²) in [6.45, 7) is 2.75. The summed E-state index contributed by atoms with van der Waals surface area (Å²) in [6.07, 6.45) is 4.28. The van der Waals surface area contributed by atoms with Crippen LogP contribution in [-0.2, 0) is 41.6 Å². The molecular formula is C31H45N9O7. The molecule has 1 saturated heterocycles. The van der Waals surface area contributed by atoms with Crippen molar-refractivity contribution in [3.8, 4) is 0 Å². The molecule has 2 heterocycles. The van der Waals surface area contributed by atoms with E-state index in [1.165, 1.54) is 17.4 Å². The van der Waals surface area contributed by atoms with Crippen LogP contribution in [0.15, 0.2) is 42.9 Å². The number of carbonyl (C=O) groups is 6.